The number of hydrogen-bond donors (Lipinski definition) is 0. The fourth-order valence-corrected chi connectivity index (χ4v) is 5.87. The van der Waals surface area contributed by atoms with Crippen LogP contribution in [-0.2, 0) is 9.53 Å². The van der Waals surface area contributed by atoms with Crippen LogP contribution < -0.4 is 0 Å². The summed E-state index contributed by atoms with van der Waals surface area (Å²) in [4.78, 5) is 11.4. The first-order valence-corrected chi connectivity index (χ1v) is 15.6. The van der Waals surface area contributed by atoms with Crippen molar-refractivity contribution in [2.75, 3.05) is 6.61 Å². The van der Waals surface area contributed by atoms with Crippen molar-refractivity contribution in [1.29, 1.82) is 0 Å². The molecule has 0 heterocycles. The zero-order chi connectivity index (χ0) is 23.8. The predicted octanol–water partition coefficient (Wildman–Crippen LogP) is 10.1. The van der Waals surface area contributed by atoms with Gasteiger partial charge in [0.15, 0.2) is 0 Å². The highest BCUT2D eigenvalue weighted by atomic mass is 79.9. The monoisotopic (exact) mass is 526 g/mol. The Bertz CT molecular complexity index is 408. The van der Waals surface area contributed by atoms with Crippen LogP contribution in [0.2, 0.25) is 0 Å². The fraction of sp³-hybridized carbons (Fsp3) is 0.933. The van der Waals surface area contributed by atoms with Crippen LogP contribution in [0.15, 0.2) is 0 Å². The summed E-state index contributed by atoms with van der Waals surface area (Å²) in [6.45, 7) is 3.16. The molecule has 0 spiro atoms. The molecule has 3 heteroatoms. The molecule has 0 amide bonds. The van der Waals surface area contributed by atoms with Gasteiger partial charge in [0.2, 0.25) is 6.29 Å². The molecule has 0 aliphatic heterocycles. The lowest BCUT2D eigenvalue weighted by atomic mass is 9.96. The maximum atomic E-state index is 11.1. The smallest absolute Gasteiger partial charge is 0.202 e. The molecule has 2 nitrogen and oxygen atoms in total. The molecule has 194 valence electrons. The van der Waals surface area contributed by atoms with Gasteiger partial charge in [-0.25, -0.2) is 0 Å². The van der Waals surface area contributed by atoms with Gasteiger partial charge in [-0.1, -0.05) is 126 Å². The molecule has 2 unspecified atom stereocenters. The largest absolute Gasteiger partial charge is 0.378 e. The SMILES string of the molecule is CCCC(Br)C([C]=O)CCCCCCCCCCCCCCCCCCOC1CC[CH]CC1. The number of unbranched alkanes of at least 4 members (excludes halogenated alkanes) is 15. The number of carbonyl (C=O) groups excluding carboxylic acids is 1. The summed E-state index contributed by atoms with van der Waals surface area (Å²) in [7, 11) is 0. The van der Waals surface area contributed by atoms with Crippen molar-refractivity contribution in [1.82, 2.24) is 0 Å². The summed E-state index contributed by atoms with van der Waals surface area (Å²) < 4.78 is 6.00. The molecular formula is C30H55BrO2. The Kier molecular flexibility index (Phi) is 22.5. The second-order valence-corrected chi connectivity index (χ2v) is 11.6. The minimum Gasteiger partial charge on any atom is -0.378 e. The Morgan fingerprint density at radius 2 is 1.21 bits per heavy atom. The average molecular weight is 528 g/mol. The van der Waals surface area contributed by atoms with Crippen LogP contribution in [0.3, 0.4) is 0 Å². The van der Waals surface area contributed by atoms with Crippen LogP contribution in [0.4, 0.5) is 0 Å². The van der Waals surface area contributed by atoms with Gasteiger partial charge >= 0.3 is 0 Å². The first-order chi connectivity index (χ1) is 16.3. The zero-order valence-electron chi connectivity index (χ0n) is 22.0. The summed E-state index contributed by atoms with van der Waals surface area (Å²) in [5.74, 6) is 0.0922. The third kappa shape index (κ3) is 19.0. The molecule has 1 aliphatic rings. The van der Waals surface area contributed by atoms with E-state index in [1.165, 1.54) is 128 Å². The molecule has 1 rings (SSSR count). The molecule has 0 aromatic carbocycles. The van der Waals surface area contributed by atoms with Crippen molar-refractivity contribution in [3.05, 3.63) is 6.42 Å². The van der Waals surface area contributed by atoms with Gasteiger partial charge in [-0.05, 0) is 51.4 Å². The van der Waals surface area contributed by atoms with Gasteiger partial charge in [0, 0.05) is 17.4 Å². The van der Waals surface area contributed by atoms with Crippen LogP contribution in [0, 0.1) is 12.3 Å². The molecule has 1 saturated carbocycles. The van der Waals surface area contributed by atoms with E-state index in [1.807, 2.05) is 0 Å². The minimum absolute atomic E-state index is 0.0922. The van der Waals surface area contributed by atoms with Crippen molar-refractivity contribution >= 4 is 22.2 Å². The molecule has 33 heavy (non-hydrogen) atoms. The highest BCUT2D eigenvalue weighted by Crippen LogP contribution is 2.23. The second kappa shape index (κ2) is 23.8. The number of halogens is 1. The first kappa shape index (κ1) is 31.1. The van der Waals surface area contributed by atoms with Crippen LogP contribution in [-0.4, -0.2) is 23.8 Å². The van der Waals surface area contributed by atoms with Gasteiger partial charge in [-0.2, -0.15) is 0 Å². The van der Waals surface area contributed by atoms with Crippen molar-refractivity contribution in [2.45, 2.75) is 166 Å². The third-order valence-corrected chi connectivity index (χ3v) is 8.40. The number of alkyl halides is 1. The molecule has 0 aromatic rings. The number of ether oxygens (including phenoxy) is 1. The van der Waals surface area contributed by atoms with Crippen molar-refractivity contribution in [3.63, 3.8) is 0 Å². The Morgan fingerprint density at radius 3 is 1.67 bits per heavy atom. The van der Waals surface area contributed by atoms with E-state index in [4.69, 9.17) is 4.74 Å². The van der Waals surface area contributed by atoms with E-state index in [0.29, 0.717) is 10.9 Å². The van der Waals surface area contributed by atoms with E-state index in [1.54, 1.807) is 0 Å². The fourth-order valence-electron chi connectivity index (χ4n) is 5.04. The molecule has 0 aromatic heterocycles. The Morgan fingerprint density at radius 1 is 0.758 bits per heavy atom. The molecule has 0 saturated heterocycles. The van der Waals surface area contributed by atoms with E-state index in [0.717, 1.165) is 25.9 Å². The lowest BCUT2D eigenvalue weighted by molar-refractivity contribution is 0.0326. The molecule has 0 N–H and O–H groups in total. The molecule has 1 fully saturated rings. The molecule has 0 bridgehead atoms. The van der Waals surface area contributed by atoms with Crippen molar-refractivity contribution < 1.29 is 9.53 Å². The van der Waals surface area contributed by atoms with Gasteiger partial charge in [0.1, 0.15) is 0 Å². The van der Waals surface area contributed by atoms with Crippen molar-refractivity contribution in [3.8, 4) is 0 Å². The van der Waals surface area contributed by atoms with Crippen LogP contribution >= 0.6 is 15.9 Å². The maximum absolute atomic E-state index is 11.1. The minimum atomic E-state index is 0.0922. The Hall–Kier alpha value is 0.110. The lowest BCUT2D eigenvalue weighted by Gasteiger charge is -2.21. The van der Waals surface area contributed by atoms with E-state index >= 15 is 0 Å². The van der Waals surface area contributed by atoms with E-state index in [2.05, 4.69) is 35.6 Å². The predicted molar refractivity (Wildman–Crippen MR) is 148 cm³/mol. The molecular weight excluding hydrogens is 472 g/mol. The highest BCUT2D eigenvalue weighted by Gasteiger charge is 2.17. The molecule has 2 radical (unpaired) electrons. The second-order valence-electron chi connectivity index (χ2n) is 10.4. The number of hydrogen-bond acceptors (Lipinski definition) is 2. The topological polar surface area (TPSA) is 26.3 Å². The van der Waals surface area contributed by atoms with Gasteiger partial charge in [0.05, 0.1) is 6.10 Å². The summed E-state index contributed by atoms with van der Waals surface area (Å²) in [6, 6.07) is 0. The van der Waals surface area contributed by atoms with Gasteiger partial charge < -0.3 is 4.74 Å². The lowest BCUT2D eigenvalue weighted by Crippen LogP contribution is -2.17. The van der Waals surface area contributed by atoms with Gasteiger partial charge in [-0.15, -0.1) is 0 Å². The molecule has 1 aliphatic carbocycles. The summed E-state index contributed by atoms with van der Waals surface area (Å²) in [6.07, 6.45) is 35.4. The maximum Gasteiger partial charge on any atom is 0.202 e. The Labute approximate surface area is 215 Å². The average Bonchev–Trinajstić information content (AvgIpc) is 2.83. The zero-order valence-corrected chi connectivity index (χ0v) is 23.6. The summed E-state index contributed by atoms with van der Waals surface area (Å²) in [5.41, 5.74) is 0. The quantitative estimate of drug-likeness (QED) is 0.0922. The first-order valence-electron chi connectivity index (χ1n) is 14.7. The summed E-state index contributed by atoms with van der Waals surface area (Å²) in [5, 5.41) is 0. The number of rotatable bonds is 24. The van der Waals surface area contributed by atoms with Crippen molar-refractivity contribution in [2.24, 2.45) is 5.92 Å². The van der Waals surface area contributed by atoms with Crippen LogP contribution in [0.1, 0.15) is 155 Å². The van der Waals surface area contributed by atoms with E-state index in [-0.39, 0.29) is 5.92 Å². The van der Waals surface area contributed by atoms with Gasteiger partial charge in [0.25, 0.3) is 0 Å². The van der Waals surface area contributed by atoms with Crippen LogP contribution in [0.25, 0.3) is 0 Å². The highest BCUT2D eigenvalue weighted by molar-refractivity contribution is 9.09. The van der Waals surface area contributed by atoms with Gasteiger partial charge in [-0.3, -0.25) is 4.79 Å². The third-order valence-electron chi connectivity index (χ3n) is 7.30. The standard InChI is InChI=1S/C30H55BrO2/c1-2-22-30(31)28(27-32)23-18-15-13-11-9-7-5-3-4-6-8-10-12-14-16-21-26-33-29-24-19-17-20-25-29/h17,28-30H,2-16,18-26H2,1H3. The van der Waals surface area contributed by atoms with E-state index < -0.39 is 0 Å². The van der Waals surface area contributed by atoms with Crippen LogP contribution in [0.5, 0.6) is 0 Å². The normalized spacial score (nSPS) is 16.7. The Balaban J connectivity index is 1.71. The summed E-state index contributed by atoms with van der Waals surface area (Å²) >= 11 is 3.66. The molecule has 2 atom stereocenters. The van der Waals surface area contributed by atoms with E-state index in [9.17, 15) is 4.79 Å².